The van der Waals surface area contributed by atoms with Crippen molar-refractivity contribution >= 4 is 11.3 Å². The van der Waals surface area contributed by atoms with Crippen LogP contribution in [0.1, 0.15) is 36.6 Å². The second-order valence-electron chi connectivity index (χ2n) is 3.64. The van der Waals surface area contributed by atoms with Crippen LogP contribution >= 0.6 is 11.3 Å². The first-order valence-electron chi connectivity index (χ1n) is 4.65. The summed E-state index contributed by atoms with van der Waals surface area (Å²) in [6, 6.07) is 4.52. The molecule has 1 fully saturated rings. The van der Waals surface area contributed by atoms with Gasteiger partial charge >= 0.3 is 0 Å². The summed E-state index contributed by atoms with van der Waals surface area (Å²) >= 11 is 1.78. The Balaban J connectivity index is 1.79. The molecular formula is C10H15NS. The summed E-state index contributed by atoms with van der Waals surface area (Å²) in [6.45, 7) is 0. The predicted molar refractivity (Wildman–Crippen MR) is 53.2 cm³/mol. The third-order valence-corrected chi connectivity index (χ3v) is 3.50. The maximum absolute atomic E-state index is 6.03. The van der Waals surface area contributed by atoms with Crippen LogP contribution in [0.2, 0.25) is 0 Å². The van der Waals surface area contributed by atoms with Crippen LogP contribution in [0.25, 0.3) is 0 Å². The van der Waals surface area contributed by atoms with Crippen molar-refractivity contribution in [2.24, 2.45) is 11.7 Å². The van der Waals surface area contributed by atoms with Gasteiger partial charge in [-0.3, -0.25) is 0 Å². The zero-order valence-electron chi connectivity index (χ0n) is 7.20. The summed E-state index contributed by atoms with van der Waals surface area (Å²) in [6.07, 6.45) is 5.39. The summed E-state index contributed by atoms with van der Waals surface area (Å²) in [5.41, 5.74) is 6.03. The molecule has 1 nitrogen and oxygen atoms in total. The quantitative estimate of drug-likeness (QED) is 0.759. The van der Waals surface area contributed by atoms with Crippen molar-refractivity contribution in [3.05, 3.63) is 22.4 Å². The molecule has 1 aliphatic rings. The topological polar surface area (TPSA) is 26.0 Å². The van der Waals surface area contributed by atoms with Crippen LogP contribution < -0.4 is 5.73 Å². The summed E-state index contributed by atoms with van der Waals surface area (Å²) in [5, 5.41) is 2.10. The number of rotatable bonds is 4. The number of hydrogen-bond donors (Lipinski definition) is 1. The molecule has 0 amide bonds. The van der Waals surface area contributed by atoms with E-state index in [0.717, 1.165) is 5.92 Å². The smallest absolute Gasteiger partial charge is 0.0389 e. The van der Waals surface area contributed by atoms with Crippen LogP contribution in [0.4, 0.5) is 0 Å². The SMILES string of the molecule is NC(CCC1CC1)c1cccs1. The lowest BCUT2D eigenvalue weighted by atomic mass is 10.1. The number of hydrogen-bond acceptors (Lipinski definition) is 2. The highest BCUT2D eigenvalue weighted by Crippen LogP contribution is 2.35. The van der Waals surface area contributed by atoms with E-state index in [1.165, 1.54) is 30.6 Å². The molecule has 2 rings (SSSR count). The van der Waals surface area contributed by atoms with Crippen LogP contribution in [0.5, 0.6) is 0 Å². The van der Waals surface area contributed by atoms with Gasteiger partial charge in [-0.15, -0.1) is 11.3 Å². The summed E-state index contributed by atoms with van der Waals surface area (Å²) < 4.78 is 0. The van der Waals surface area contributed by atoms with Gasteiger partial charge in [-0.05, 0) is 30.2 Å². The molecule has 1 atom stereocenters. The lowest BCUT2D eigenvalue weighted by Gasteiger charge is -2.07. The normalized spacial score (nSPS) is 19.4. The zero-order valence-corrected chi connectivity index (χ0v) is 8.02. The maximum Gasteiger partial charge on any atom is 0.0389 e. The molecule has 0 bridgehead atoms. The van der Waals surface area contributed by atoms with Crippen LogP contribution in [0.15, 0.2) is 17.5 Å². The largest absolute Gasteiger partial charge is 0.323 e. The van der Waals surface area contributed by atoms with Crippen molar-refractivity contribution in [3.8, 4) is 0 Å². The molecule has 1 heterocycles. The zero-order chi connectivity index (χ0) is 8.39. The third-order valence-electron chi connectivity index (χ3n) is 2.49. The van der Waals surface area contributed by atoms with E-state index >= 15 is 0 Å². The third kappa shape index (κ3) is 2.08. The monoisotopic (exact) mass is 181 g/mol. The molecule has 1 aromatic heterocycles. The molecule has 2 heteroatoms. The molecule has 66 valence electrons. The average Bonchev–Trinajstić information content (AvgIpc) is 2.74. The first-order chi connectivity index (χ1) is 5.86. The van der Waals surface area contributed by atoms with Crippen molar-refractivity contribution in [2.75, 3.05) is 0 Å². The van der Waals surface area contributed by atoms with Crippen molar-refractivity contribution in [1.82, 2.24) is 0 Å². The van der Waals surface area contributed by atoms with Gasteiger partial charge in [0, 0.05) is 10.9 Å². The first-order valence-corrected chi connectivity index (χ1v) is 5.53. The Morgan fingerprint density at radius 2 is 2.42 bits per heavy atom. The number of thiophene rings is 1. The van der Waals surface area contributed by atoms with E-state index in [9.17, 15) is 0 Å². The van der Waals surface area contributed by atoms with E-state index in [1.807, 2.05) is 0 Å². The number of nitrogens with two attached hydrogens (primary N) is 1. The Hall–Kier alpha value is -0.340. The average molecular weight is 181 g/mol. The fraction of sp³-hybridized carbons (Fsp3) is 0.600. The van der Waals surface area contributed by atoms with Crippen LogP contribution in [-0.2, 0) is 0 Å². The Kier molecular flexibility index (Phi) is 2.47. The maximum atomic E-state index is 6.03. The Morgan fingerprint density at radius 1 is 1.58 bits per heavy atom. The molecule has 2 N–H and O–H groups in total. The van der Waals surface area contributed by atoms with Crippen LogP contribution in [0.3, 0.4) is 0 Å². The molecule has 1 saturated carbocycles. The fourth-order valence-electron chi connectivity index (χ4n) is 1.47. The Bertz CT molecular complexity index is 226. The van der Waals surface area contributed by atoms with Crippen molar-refractivity contribution < 1.29 is 0 Å². The van der Waals surface area contributed by atoms with Crippen LogP contribution in [0, 0.1) is 5.92 Å². The van der Waals surface area contributed by atoms with Crippen molar-refractivity contribution in [1.29, 1.82) is 0 Å². The molecule has 12 heavy (non-hydrogen) atoms. The van der Waals surface area contributed by atoms with Crippen LogP contribution in [-0.4, -0.2) is 0 Å². The van der Waals surface area contributed by atoms with E-state index in [4.69, 9.17) is 5.73 Å². The van der Waals surface area contributed by atoms with Gasteiger partial charge in [0.15, 0.2) is 0 Å². The van der Waals surface area contributed by atoms with Gasteiger partial charge in [-0.1, -0.05) is 18.9 Å². The Morgan fingerprint density at radius 3 is 3.00 bits per heavy atom. The second kappa shape index (κ2) is 3.58. The molecule has 1 aliphatic carbocycles. The molecule has 0 radical (unpaired) electrons. The molecule has 0 saturated heterocycles. The molecule has 0 aromatic carbocycles. The van der Waals surface area contributed by atoms with Gasteiger partial charge in [-0.2, -0.15) is 0 Å². The highest BCUT2D eigenvalue weighted by Gasteiger charge is 2.21. The van der Waals surface area contributed by atoms with Crippen molar-refractivity contribution in [3.63, 3.8) is 0 Å². The first kappa shape index (κ1) is 8.27. The minimum Gasteiger partial charge on any atom is -0.323 e. The lowest BCUT2D eigenvalue weighted by Crippen LogP contribution is -2.08. The van der Waals surface area contributed by atoms with E-state index < -0.39 is 0 Å². The van der Waals surface area contributed by atoms with Gasteiger partial charge in [0.1, 0.15) is 0 Å². The Labute approximate surface area is 77.6 Å². The van der Waals surface area contributed by atoms with Gasteiger partial charge in [0.25, 0.3) is 0 Å². The lowest BCUT2D eigenvalue weighted by molar-refractivity contribution is 0.581. The van der Waals surface area contributed by atoms with E-state index in [2.05, 4.69) is 17.5 Å². The summed E-state index contributed by atoms with van der Waals surface area (Å²) in [5.74, 6) is 1.01. The van der Waals surface area contributed by atoms with Gasteiger partial charge in [0.2, 0.25) is 0 Å². The van der Waals surface area contributed by atoms with E-state index in [1.54, 1.807) is 11.3 Å². The predicted octanol–water partition coefficient (Wildman–Crippen LogP) is 2.94. The summed E-state index contributed by atoms with van der Waals surface area (Å²) in [7, 11) is 0. The van der Waals surface area contributed by atoms with E-state index in [0.29, 0.717) is 6.04 Å². The van der Waals surface area contributed by atoms with Crippen molar-refractivity contribution in [2.45, 2.75) is 31.7 Å². The minimum atomic E-state index is 0.297. The van der Waals surface area contributed by atoms with E-state index in [-0.39, 0.29) is 0 Å². The molecule has 0 aliphatic heterocycles. The summed E-state index contributed by atoms with van der Waals surface area (Å²) in [4.78, 5) is 1.34. The second-order valence-corrected chi connectivity index (χ2v) is 4.62. The minimum absolute atomic E-state index is 0.297. The van der Waals surface area contributed by atoms with Gasteiger partial charge < -0.3 is 5.73 Å². The fourth-order valence-corrected chi connectivity index (χ4v) is 2.23. The molecule has 0 spiro atoms. The molecular weight excluding hydrogens is 166 g/mol. The van der Waals surface area contributed by atoms with Gasteiger partial charge in [-0.25, -0.2) is 0 Å². The highest BCUT2D eigenvalue weighted by atomic mass is 32.1. The standard InChI is InChI=1S/C10H15NS/c11-9(6-5-8-3-4-8)10-2-1-7-12-10/h1-2,7-9H,3-6,11H2. The van der Waals surface area contributed by atoms with Gasteiger partial charge in [0.05, 0.1) is 0 Å². The highest BCUT2D eigenvalue weighted by molar-refractivity contribution is 7.10. The molecule has 1 unspecified atom stereocenters. The molecule has 1 aromatic rings.